The third-order valence-electron chi connectivity index (χ3n) is 12.0. The Balaban J connectivity index is 1.08. The Labute approximate surface area is 321 Å². The van der Waals surface area contributed by atoms with Gasteiger partial charge in [0.1, 0.15) is 24.9 Å². The molecule has 1 fully saturated rings. The van der Waals surface area contributed by atoms with Crippen LogP contribution in [0.3, 0.4) is 0 Å². The van der Waals surface area contributed by atoms with Crippen LogP contribution < -0.4 is 0 Å². The van der Waals surface area contributed by atoms with Gasteiger partial charge in [0.2, 0.25) is 0 Å². The van der Waals surface area contributed by atoms with Crippen LogP contribution in [0.15, 0.2) is 114 Å². The second kappa shape index (κ2) is 13.6. The van der Waals surface area contributed by atoms with Crippen molar-refractivity contribution in [1.82, 2.24) is 23.7 Å². The van der Waals surface area contributed by atoms with Gasteiger partial charge in [-0.25, -0.2) is 9.97 Å². The van der Waals surface area contributed by atoms with E-state index in [9.17, 15) is 0 Å². The average Bonchev–Trinajstić information content (AvgIpc) is 4.01. The standard InChI is InChI=1S/C48H47N5O2/c1-30(2)33-23-38(46-39(24-33)40-25-34(31(3)4)26-44(47(40)55-46)52-22-21-49-48(52)32-13-6-5-7-14-32)37-17-12-20-43-45(37)50-27-51(43)28-54-29-53-41-18-10-8-15-35(41)36-16-9-11-19-42(36)53/h8-12,15-27,30-32H,5-7,13-14,28-29H2,1-4H3. The number of imidazole rings is 2. The summed E-state index contributed by atoms with van der Waals surface area (Å²) < 4.78 is 20.2. The summed E-state index contributed by atoms with van der Waals surface area (Å²) in [5.74, 6) is 2.31. The quantitative estimate of drug-likeness (QED) is 0.149. The normalized spacial score (nSPS) is 14.3. The molecule has 9 aromatic rings. The van der Waals surface area contributed by atoms with Gasteiger partial charge in [-0.05, 0) is 78.3 Å². The Kier molecular flexibility index (Phi) is 8.36. The zero-order chi connectivity index (χ0) is 37.2. The van der Waals surface area contributed by atoms with Crippen molar-refractivity contribution in [1.29, 1.82) is 0 Å². The van der Waals surface area contributed by atoms with Crippen LogP contribution in [0.4, 0.5) is 0 Å². The average molecular weight is 726 g/mol. The summed E-state index contributed by atoms with van der Waals surface area (Å²) in [6, 6.07) is 32.9. The molecule has 55 heavy (non-hydrogen) atoms. The Hall–Kier alpha value is -5.66. The second-order valence-corrected chi connectivity index (χ2v) is 16.1. The molecule has 0 amide bonds. The molecule has 0 atom stereocenters. The molecule has 276 valence electrons. The summed E-state index contributed by atoms with van der Waals surface area (Å²) >= 11 is 0. The maximum absolute atomic E-state index is 7.13. The van der Waals surface area contributed by atoms with E-state index in [1.54, 1.807) is 0 Å². The Morgan fingerprint density at radius 1 is 0.673 bits per heavy atom. The molecule has 1 saturated carbocycles. The minimum atomic E-state index is 0.332. The fourth-order valence-electron chi connectivity index (χ4n) is 9.01. The molecule has 0 unspecified atom stereocenters. The number of benzene rings is 5. The molecule has 0 N–H and O–H groups in total. The number of aromatic nitrogens is 5. The smallest absolute Gasteiger partial charge is 0.159 e. The summed E-state index contributed by atoms with van der Waals surface area (Å²) in [6.07, 6.45) is 12.2. The van der Waals surface area contributed by atoms with Gasteiger partial charge in [-0.1, -0.05) is 95.5 Å². The number of fused-ring (bicyclic) bond motifs is 7. The predicted octanol–water partition coefficient (Wildman–Crippen LogP) is 12.8. The SMILES string of the molecule is CC(C)c1cc(-c2cccc3c2ncn3COCn2c3ccccc3c3ccccc32)c2oc3c(-n4ccnc4C4CCCCC4)cc(C(C)C)cc3c2c1. The number of furan rings is 1. The molecule has 4 aromatic heterocycles. The van der Waals surface area contributed by atoms with Crippen LogP contribution in [-0.4, -0.2) is 23.7 Å². The number of hydrogen-bond donors (Lipinski definition) is 0. The van der Waals surface area contributed by atoms with Crippen LogP contribution >= 0.6 is 0 Å². The molecular weight excluding hydrogens is 679 g/mol. The molecular formula is C48H47N5O2. The Morgan fingerprint density at radius 3 is 2.07 bits per heavy atom. The number of rotatable bonds is 9. The van der Waals surface area contributed by atoms with Crippen molar-refractivity contribution in [2.75, 3.05) is 0 Å². The van der Waals surface area contributed by atoms with Crippen molar-refractivity contribution in [3.05, 3.63) is 127 Å². The maximum atomic E-state index is 7.13. The molecule has 1 aliphatic rings. The van der Waals surface area contributed by atoms with Gasteiger partial charge in [-0.3, -0.25) is 4.57 Å². The van der Waals surface area contributed by atoms with Crippen molar-refractivity contribution in [2.24, 2.45) is 0 Å². The molecule has 5 aromatic carbocycles. The lowest BCUT2D eigenvalue weighted by molar-refractivity contribution is 0.0339. The summed E-state index contributed by atoms with van der Waals surface area (Å²) in [7, 11) is 0. The van der Waals surface area contributed by atoms with Crippen molar-refractivity contribution in [2.45, 2.75) is 91.0 Å². The molecule has 0 spiro atoms. The van der Waals surface area contributed by atoms with Gasteiger partial charge >= 0.3 is 0 Å². The fraction of sp³-hybridized carbons (Fsp3) is 0.292. The van der Waals surface area contributed by atoms with E-state index in [4.69, 9.17) is 19.1 Å². The van der Waals surface area contributed by atoms with Crippen molar-refractivity contribution >= 4 is 54.8 Å². The summed E-state index contributed by atoms with van der Waals surface area (Å²) in [4.78, 5) is 9.98. The van der Waals surface area contributed by atoms with E-state index in [1.165, 1.54) is 65.0 Å². The largest absolute Gasteiger partial charge is 0.453 e. The van der Waals surface area contributed by atoms with E-state index in [1.807, 2.05) is 12.5 Å². The highest BCUT2D eigenvalue weighted by Gasteiger charge is 2.25. The van der Waals surface area contributed by atoms with Crippen LogP contribution in [0.1, 0.15) is 94.5 Å². The third-order valence-corrected chi connectivity index (χ3v) is 12.0. The predicted molar refractivity (Wildman–Crippen MR) is 224 cm³/mol. The van der Waals surface area contributed by atoms with Gasteiger partial charge in [0.05, 0.1) is 34.1 Å². The third kappa shape index (κ3) is 5.67. The number of hydrogen-bond acceptors (Lipinski definition) is 4. The minimum absolute atomic E-state index is 0.332. The van der Waals surface area contributed by atoms with Crippen LogP contribution in [0.25, 0.3) is 71.6 Å². The van der Waals surface area contributed by atoms with E-state index in [2.05, 4.69) is 139 Å². The lowest BCUT2D eigenvalue weighted by atomic mass is 9.88. The zero-order valence-corrected chi connectivity index (χ0v) is 32.1. The van der Waals surface area contributed by atoms with Crippen LogP contribution in [0.2, 0.25) is 0 Å². The van der Waals surface area contributed by atoms with Crippen LogP contribution in [-0.2, 0) is 18.2 Å². The molecule has 7 nitrogen and oxygen atoms in total. The second-order valence-electron chi connectivity index (χ2n) is 16.1. The van der Waals surface area contributed by atoms with E-state index < -0.39 is 0 Å². The van der Waals surface area contributed by atoms with E-state index >= 15 is 0 Å². The number of nitrogens with zero attached hydrogens (tertiary/aromatic N) is 5. The summed E-state index contributed by atoms with van der Waals surface area (Å²) in [5, 5.41) is 4.77. The van der Waals surface area contributed by atoms with Crippen LogP contribution in [0.5, 0.6) is 0 Å². The van der Waals surface area contributed by atoms with Gasteiger partial charge in [0.15, 0.2) is 5.58 Å². The molecule has 0 saturated heterocycles. The van der Waals surface area contributed by atoms with Crippen molar-refractivity contribution < 1.29 is 9.15 Å². The first-order valence-corrected chi connectivity index (χ1v) is 20.0. The van der Waals surface area contributed by atoms with Gasteiger partial charge in [0.25, 0.3) is 0 Å². The first-order valence-electron chi connectivity index (χ1n) is 20.0. The van der Waals surface area contributed by atoms with Crippen molar-refractivity contribution in [3.63, 3.8) is 0 Å². The molecule has 7 heteroatoms. The molecule has 0 bridgehead atoms. The van der Waals surface area contributed by atoms with E-state index in [0.717, 1.165) is 55.6 Å². The van der Waals surface area contributed by atoms with Gasteiger partial charge in [-0.2, -0.15) is 0 Å². The zero-order valence-electron chi connectivity index (χ0n) is 32.1. The van der Waals surface area contributed by atoms with Gasteiger partial charge in [-0.15, -0.1) is 0 Å². The highest BCUT2D eigenvalue weighted by molar-refractivity contribution is 6.14. The molecule has 10 rings (SSSR count). The van der Waals surface area contributed by atoms with E-state index in [-0.39, 0.29) is 0 Å². The maximum Gasteiger partial charge on any atom is 0.159 e. The topological polar surface area (TPSA) is 62.9 Å². The van der Waals surface area contributed by atoms with Gasteiger partial charge in [0, 0.05) is 51.0 Å². The Bertz CT molecular complexity index is 2810. The lowest BCUT2D eigenvalue weighted by Gasteiger charge is -2.22. The van der Waals surface area contributed by atoms with Crippen molar-refractivity contribution in [3.8, 4) is 16.8 Å². The summed E-state index contributed by atoms with van der Waals surface area (Å²) in [6.45, 7) is 9.90. The minimum Gasteiger partial charge on any atom is -0.453 e. The molecule has 1 aliphatic carbocycles. The molecule has 4 heterocycles. The summed E-state index contributed by atoms with van der Waals surface area (Å²) in [5.41, 5.74) is 11.9. The number of ether oxygens (including phenoxy) is 1. The van der Waals surface area contributed by atoms with Gasteiger partial charge < -0.3 is 18.3 Å². The molecule has 0 radical (unpaired) electrons. The molecule has 0 aliphatic heterocycles. The lowest BCUT2D eigenvalue weighted by Crippen LogP contribution is -2.11. The highest BCUT2D eigenvalue weighted by Crippen LogP contribution is 2.44. The number of para-hydroxylation sites is 3. The first-order chi connectivity index (χ1) is 26.9. The first kappa shape index (κ1) is 33.9. The van der Waals surface area contributed by atoms with Crippen LogP contribution in [0, 0.1) is 0 Å². The van der Waals surface area contributed by atoms with E-state index in [0.29, 0.717) is 31.2 Å². The Morgan fingerprint density at radius 2 is 1.35 bits per heavy atom. The highest BCUT2D eigenvalue weighted by atomic mass is 16.5. The monoisotopic (exact) mass is 725 g/mol. The fourth-order valence-corrected chi connectivity index (χ4v) is 9.01.